The van der Waals surface area contributed by atoms with Crippen LogP contribution in [0.2, 0.25) is 0 Å². The number of H-pyrrole nitrogens is 1. The van der Waals surface area contributed by atoms with Crippen LogP contribution in [0.3, 0.4) is 0 Å². The molecule has 102 valence electrons. The van der Waals surface area contributed by atoms with E-state index in [1.807, 2.05) is 37.5 Å². The molecule has 0 aliphatic carbocycles. The molecule has 0 saturated heterocycles. The van der Waals surface area contributed by atoms with Gasteiger partial charge in [-0.05, 0) is 11.6 Å². The van der Waals surface area contributed by atoms with Crippen LogP contribution in [-0.2, 0) is 6.54 Å². The third-order valence-corrected chi connectivity index (χ3v) is 2.97. The lowest BCUT2D eigenvalue weighted by molar-refractivity contribution is 0.851. The van der Waals surface area contributed by atoms with Gasteiger partial charge in [-0.3, -0.25) is 0 Å². The molecular formula is C13H20N6. The van der Waals surface area contributed by atoms with Gasteiger partial charge in [0.25, 0.3) is 0 Å². The smallest absolute Gasteiger partial charge is 0.134 e. The minimum Gasteiger partial charge on any atom is -0.367 e. The maximum Gasteiger partial charge on any atom is 0.134 e. The van der Waals surface area contributed by atoms with Crippen molar-refractivity contribution in [3.05, 3.63) is 36.4 Å². The van der Waals surface area contributed by atoms with Crippen molar-refractivity contribution in [3.8, 4) is 0 Å². The number of anilines is 2. The molecule has 19 heavy (non-hydrogen) atoms. The number of likely N-dealkylation sites (N-methyl/N-ethyl adjacent to an activating group) is 1. The molecule has 0 radical (unpaired) electrons. The van der Waals surface area contributed by atoms with Crippen LogP contribution in [0.4, 0.5) is 11.6 Å². The molecule has 2 aromatic rings. The molecule has 0 aromatic carbocycles. The average Bonchev–Trinajstić information content (AvgIpc) is 2.92. The summed E-state index contributed by atoms with van der Waals surface area (Å²) >= 11 is 0. The quantitative estimate of drug-likeness (QED) is 0.805. The van der Waals surface area contributed by atoms with Crippen molar-refractivity contribution in [1.29, 1.82) is 0 Å². The second-order valence-corrected chi connectivity index (χ2v) is 4.52. The molecule has 0 fully saturated rings. The van der Waals surface area contributed by atoms with Gasteiger partial charge in [0.05, 0.1) is 0 Å². The van der Waals surface area contributed by atoms with Gasteiger partial charge in [0.1, 0.15) is 18.0 Å². The van der Waals surface area contributed by atoms with E-state index >= 15 is 0 Å². The normalized spacial score (nSPS) is 10.5. The highest BCUT2D eigenvalue weighted by atomic mass is 15.2. The Morgan fingerprint density at radius 1 is 1.21 bits per heavy atom. The summed E-state index contributed by atoms with van der Waals surface area (Å²) in [5.41, 5.74) is 6.78. The summed E-state index contributed by atoms with van der Waals surface area (Å²) in [5.74, 6) is 1.78. The van der Waals surface area contributed by atoms with E-state index in [1.165, 1.54) is 5.56 Å². The van der Waals surface area contributed by atoms with Gasteiger partial charge in [0.15, 0.2) is 0 Å². The van der Waals surface area contributed by atoms with E-state index in [9.17, 15) is 0 Å². The van der Waals surface area contributed by atoms with Crippen LogP contribution in [0.5, 0.6) is 0 Å². The lowest BCUT2D eigenvalue weighted by Crippen LogP contribution is -2.26. The third kappa shape index (κ3) is 3.45. The molecule has 0 aliphatic heterocycles. The minimum absolute atomic E-state index is 0.606. The summed E-state index contributed by atoms with van der Waals surface area (Å²) in [4.78, 5) is 15.7. The standard InChI is InChI=1S/C13H20N6/c1-18(6-4-14)12-7-13(17-10-16-12)19(2)9-11-3-5-15-8-11/h3,5,7-8,10,15H,4,6,9,14H2,1-2H3. The molecule has 2 heterocycles. The maximum absolute atomic E-state index is 5.56. The molecule has 0 saturated carbocycles. The fraction of sp³-hybridized carbons (Fsp3) is 0.385. The van der Waals surface area contributed by atoms with E-state index in [0.29, 0.717) is 6.54 Å². The van der Waals surface area contributed by atoms with Gasteiger partial charge in [0, 0.05) is 52.2 Å². The highest BCUT2D eigenvalue weighted by Crippen LogP contribution is 2.17. The van der Waals surface area contributed by atoms with E-state index in [0.717, 1.165) is 24.7 Å². The zero-order valence-electron chi connectivity index (χ0n) is 11.4. The zero-order chi connectivity index (χ0) is 13.7. The largest absolute Gasteiger partial charge is 0.367 e. The predicted octanol–water partition coefficient (Wildman–Crippen LogP) is 0.836. The number of hydrogen-bond acceptors (Lipinski definition) is 5. The van der Waals surface area contributed by atoms with Crippen LogP contribution in [0.25, 0.3) is 0 Å². The van der Waals surface area contributed by atoms with Crippen LogP contribution in [0.1, 0.15) is 5.56 Å². The van der Waals surface area contributed by atoms with Gasteiger partial charge >= 0.3 is 0 Å². The Kier molecular flexibility index (Phi) is 4.35. The van der Waals surface area contributed by atoms with Gasteiger partial charge in [-0.15, -0.1) is 0 Å². The first-order chi connectivity index (χ1) is 9.20. The van der Waals surface area contributed by atoms with Gasteiger partial charge in [0.2, 0.25) is 0 Å². The van der Waals surface area contributed by atoms with Gasteiger partial charge < -0.3 is 20.5 Å². The topological polar surface area (TPSA) is 74.1 Å². The van der Waals surface area contributed by atoms with E-state index in [1.54, 1.807) is 6.33 Å². The lowest BCUT2D eigenvalue weighted by Gasteiger charge is -2.21. The van der Waals surface area contributed by atoms with Crippen molar-refractivity contribution in [2.75, 3.05) is 37.0 Å². The van der Waals surface area contributed by atoms with Crippen molar-refractivity contribution in [2.24, 2.45) is 5.73 Å². The van der Waals surface area contributed by atoms with Crippen molar-refractivity contribution >= 4 is 11.6 Å². The Balaban J connectivity index is 2.09. The lowest BCUT2D eigenvalue weighted by atomic mass is 10.3. The Morgan fingerprint density at radius 3 is 2.58 bits per heavy atom. The van der Waals surface area contributed by atoms with Gasteiger partial charge in [-0.1, -0.05) is 0 Å². The summed E-state index contributed by atoms with van der Waals surface area (Å²) < 4.78 is 0. The van der Waals surface area contributed by atoms with Crippen LogP contribution >= 0.6 is 0 Å². The van der Waals surface area contributed by atoms with Crippen molar-refractivity contribution in [1.82, 2.24) is 15.0 Å². The number of aromatic nitrogens is 3. The number of aromatic amines is 1. The molecule has 6 heteroatoms. The summed E-state index contributed by atoms with van der Waals surface area (Å²) in [6.07, 6.45) is 5.49. The highest BCUT2D eigenvalue weighted by Gasteiger charge is 2.08. The third-order valence-electron chi connectivity index (χ3n) is 2.97. The van der Waals surface area contributed by atoms with Crippen molar-refractivity contribution in [3.63, 3.8) is 0 Å². The molecule has 0 unspecified atom stereocenters. The molecule has 2 rings (SSSR count). The summed E-state index contributed by atoms with van der Waals surface area (Å²) in [6, 6.07) is 4.03. The number of nitrogens with zero attached hydrogens (tertiary/aromatic N) is 4. The van der Waals surface area contributed by atoms with Gasteiger partial charge in [-0.25, -0.2) is 9.97 Å². The first-order valence-electron chi connectivity index (χ1n) is 6.26. The van der Waals surface area contributed by atoms with Crippen LogP contribution < -0.4 is 15.5 Å². The summed E-state index contributed by atoms with van der Waals surface area (Å²) in [7, 11) is 3.99. The molecule has 0 atom stereocenters. The highest BCUT2D eigenvalue weighted by molar-refractivity contribution is 5.49. The fourth-order valence-electron chi connectivity index (χ4n) is 1.87. The zero-order valence-corrected chi connectivity index (χ0v) is 11.4. The SMILES string of the molecule is CN(CCN)c1cc(N(C)Cc2cc[nH]c2)ncn1. The molecule has 2 aromatic heterocycles. The Labute approximate surface area is 113 Å². The van der Waals surface area contributed by atoms with E-state index in [-0.39, 0.29) is 0 Å². The summed E-state index contributed by atoms with van der Waals surface area (Å²) in [6.45, 7) is 2.19. The monoisotopic (exact) mass is 260 g/mol. The first kappa shape index (κ1) is 13.4. The molecule has 0 amide bonds. The fourth-order valence-corrected chi connectivity index (χ4v) is 1.87. The molecule has 3 N–H and O–H groups in total. The number of rotatable bonds is 6. The molecule has 0 bridgehead atoms. The maximum atomic E-state index is 5.56. The molecular weight excluding hydrogens is 240 g/mol. The van der Waals surface area contributed by atoms with Crippen LogP contribution in [0, 0.1) is 0 Å². The van der Waals surface area contributed by atoms with E-state index in [4.69, 9.17) is 5.73 Å². The van der Waals surface area contributed by atoms with E-state index in [2.05, 4.69) is 25.9 Å². The second-order valence-electron chi connectivity index (χ2n) is 4.52. The minimum atomic E-state index is 0.606. The summed E-state index contributed by atoms with van der Waals surface area (Å²) in [5, 5.41) is 0. The van der Waals surface area contributed by atoms with E-state index < -0.39 is 0 Å². The van der Waals surface area contributed by atoms with Crippen molar-refractivity contribution in [2.45, 2.75) is 6.54 Å². The Hall–Kier alpha value is -2.08. The van der Waals surface area contributed by atoms with Crippen LogP contribution in [0.15, 0.2) is 30.9 Å². The second kappa shape index (κ2) is 6.19. The first-order valence-corrected chi connectivity index (χ1v) is 6.26. The van der Waals surface area contributed by atoms with Crippen molar-refractivity contribution < 1.29 is 0 Å². The number of nitrogens with two attached hydrogens (primary N) is 1. The number of nitrogens with one attached hydrogen (secondary N) is 1. The Morgan fingerprint density at radius 2 is 1.95 bits per heavy atom. The Bertz CT molecular complexity index is 496. The van der Waals surface area contributed by atoms with Crippen LogP contribution in [-0.4, -0.2) is 42.1 Å². The molecule has 0 spiro atoms. The predicted molar refractivity (Wildman–Crippen MR) is 77.3 cm³/mol. The average molecular weight is 260 g/mol. The number of hydrogen-bond donors (Lipinski definition) is 2. The van der Waals surface area contributed by atoms with Gasteiger partial charge in [-0.2, -0.15) is 0 Å². The molecule has 6 nitrogen and oxygen atoms in total. The molecule has 0 aliphatic rings.